The van der Waals surface area contributed by atoms with Crippen molar-refractivity contribution in [1.29, 1.82) is 0 Å². The van der Waals surface area contributed by atoms with E-state index in [1.807, 2.05) is 37.3 Å². The van der Waals surface area contributed by atoms with Gasteiger partial charge in [-0.1, -0.05) is 44.2 Å². The highest BCUT2D eigenvalue weighted by Crippen LogP contribution is 2.12. The van der Waals surface area contributed by atoms with Crippen molar-refractivity contribution in [2.24, 2.45) is 11.7 Å². The first-order valence-electron chi connectivity index (χ1n) is 6.11. The summed E-state index contributed by atoms with van der Waals surface area (Å²) in [7, 11) is 0. The second-order valence-corrected chi connectivity index (χ2v) is 4.88. The van der Waals surface area contributed by atoms with Gasteiger partial charge in [0.25, 0.3) is 0 Å². The average molecular weight is 234 g/mol. The summed E-state index contributed by atoms with van der Waals surface area (Å²) < 4.78 is 0. The minimum absolute atomic E-state index is 0.00177. The molecule has 1 aromatic carbocycles. The maximum atomic E-state index is 11.8. The van der Waals surface area contributed by atoms with Gasteiger partial charge in [-0.2, -0.15) is 0 Å². The van der Waals surface area contributed by atoms with Crippen LogP contribution in [-0.4, -0.2) is 11.9 Å². The highest BCUT2D eigenvalue weighted by Gasteiger charge is 2.17. The summed E-state index contributed by atoms with van der Waals surface area (Å²) in [4.78, 5) is 11.8. The molecule has 94 valence electrons. The molecule has 0 aliphatic rings. The lowest BCUT2D eigenvalue weighted by Crippen LogP contribution is -2.42. The molecule has 3 nitrogen and oxygen atoms in total. The van der Waals surface area contributed by atoms with Crippen molar-refractivity contribution in [2.75, 3.05) is 0 Å². The molecule has 2 atom stereocenters. The number of benzene rings is 1. The van der Waals surface area contributed by atoms with Crippen molar-refractivity contribution in [2.45, 2.75) is 39.3 Å². The van der Waals surface area contributed by atoms with E-state index in [9.17, 15) is 4.79 Å². The zero-order chi connectivity index (χ0) is 12.8. The second-order valence-electron chi connectivity index (χ2n) is 4.88. The molecule has 0 spiro atoms. The fourth-order valence-electron chi connectivity index (χ4n) is 1.76. The Morgan fingerprint density at radius 3 is 2.35 bits per heavy atom. The van der Waals surface area contributed by atoms with Crippen LogP contribution >= 0.6 is 0 Å². The van der Waals surface area contributed by atoms with Crippen LogP contribution in [0.4, 0.5) is 0 Å². The number of rotatable bonds is 5. The van der Waals surface area contributed by atoms with E-state index in [0.717, 1.165) is 5.56 Å². The fraction of sp³-hybridized carbons (Fsp3) is 0.500. The van der Waals surface area contributed by atoms with Crippen LogP contribution in [0.1, 0.15) is 38.8 Å². The number of carbonyl (C=O) groups is 1. The van der Waals surface area contributed by atoms with Gasteiger partial charge in [-0.15, -0.1) is 0 Å². The van der Waals surface area contributed by atoms with E-state index in [4.69, 9.17) is 5.73 Å². The van der Waals surface area contributed by atoms with Crippen LogP contribution in [0.25, 0.3) is 0 Å². The van der Waals surface area contributed by atoms with Crippen molar-refractivity contribution >= 4 is 5.91 Å². The van der Waals surface area contributed by atoms with E-state index in [2.05, 4.69) is 19.2 Å². The lowest BCUT2D eigenvalue weighted by Gasteiger charge is -2.18. The number of hydrogen-bond acceptors (Lipinski definition) is 2. The largest absolute Gasteiger partial charge is 0.348 e. The minimum Gasteiger partial charge on any atom is -0.348 e. The van der Waals surface area contributed by atoms with E-state index in [-0.39, 0.29) is 11.9 Å². The van der Waals surface area contributed by atoms with E-state index >= 15 is 0 Å². The minimum atomic E-state index is -0.416. The molecule has 0 saturated heterocycles. The Hall–Kier alpha value is -1.35. The summed E-state index contributed by atoms with van der Waals surface area (Å²) >= 11 is 0. The molecule has 1 amide bonds. The molecular formula is C14H22N2O. The molecule has 0 fully saturated rings. The number of amides is 1. The molecule has 3 N–H and O–H groups in total. The zero-order valence-corrected chi connectivity index (χ0v) is 10.8. The van der Waals surface area contributed by atoms with E-state index in [0.29, 0.717) is 12.3 Å². The third-order valence-corrected chi connectivity index (χ3v) is 2.72. The van der Waals surface area contributed by atoms with Crippen molar-refractivity contribution in [3.8, 4) is 0 Å². The van der Waals surface area contributed by atoms with Crippen molar-refractivity contribution in [1.82, 2.24) is 5.32 Å². The molecule has 1 aromatic rings. The molecule has 0 aliphatic heterocycles. The van der Waals surface area contributed by atoms with Gasteiger partial charge in [0.15, 0.2) is 0 Å². The summed E-state index contributed by atoms with van der Waals surface area (Å²) in [5.74, 6) is 0.359. The van der Waals surface area contributed by atoms with Crippen molar-refractivity contribution in [3.05, 3.63) is 35.9 Å². The third-order valence-electron chi connectivity index (χ3n) is 2.72. The number of nitrogens with one attached hydrogen (secondary N) is 1. The Kier molecular flexibility index (Phi) is 5.16. The smallest absolute Gasteiger partial charge is 0.237 e. The van der Waals surface area contributed by atoms with Crippen LogP contribution in [0.15, 0.2) is 30.3 Å². The summed E-state index contributed by atoms with van der Waals surface area (Å²) in [6, 6.07) is 9.47. The molecule has 0 aromatic heterocycles. The Morgan fingerprint density at radius 2 is 1.82 bits per heavy atom. The van der Waals surface area contributed by atoms with Crippen LogP contribution in [0, 0.1) is 5.92 Å². The monoisotopic (exact) mass is 234 g/mol. The van der Waals surface area contributed by atoms with Gasteiger partial charge in [-0.05, 0) is 24.8 Å². The molecule has 0 aliphatic carbocycles. The lowest BCUT2D eigenvalue weighted by molar-refractivity contribution is -0.123. The predicted octanol–water partition coefficient (Wildman–Crippen LogP) is 2.24. The summed E-state index contributed by atoms with van der Waals surface area (Å²) in [6.07, 6.45) is 0.716. The number of nitrogens with two attached hydrogens (primary N) is 1. The maximum Gasteiger partial charge on any atom is 0.237 e. The first-order valence-corrected chi connectivity index (χ1v) is 6.11. The topological polar surface area (TPSA) is 55.1 Å². The van der Waals surface area contributed by atoms with Gasteiger partial charge >= 0.3 is 0 Å². The quantitative estimate of drug-likeness (QED) is 0.821. The first-order chi connectivity index (χ1) is 8.00. The zero-order valence-electron chi connectivity index (χ0n) is 10.8. The van der Waals surface area contributed by atoms with Gasteiger partial charge in [0.2, 0.25) is 5.91 Å². The molecule has 1 rings (SSSR count). The first kappa shape index (κ1) is 13.7. The normalized spacial score (nSPS) is 14.4. The highest BCUT2D eigenvalue weighted by molar-refractivity contribution is 5.81. The molecule has 0 heterocycles. The van der Waals surface area contributed by atoms with Crippen LogP contribution in [-0.2, 0) is 4.79 Å². The van der Waals surface area contributed by atoms with Crippen LogP contribution in [0.2, 0.25) is 0 Å². The maximum absolute atomic E-state index is 11.8. The van der Waals surface area contributed by atoms with Gasteiger partial charge in [-0.3, -0.25) is 4.79 Å². The molecule has 3 heteroatoms. The summed E-state index contributed by atoms with van der Waals surface area (Å²) in [5, 5.41) is 2.94. The third kappa shape index (κ3) is 4.57. The molecule has 2 unspecified atom stereocenters. The van der Waals surface area contributed by atoms with Crippen LogP contribution < -0.4 is 11.1 Å². The molecule has 17 heavy (non-hydrogen) atoms. The summed E-state index contributed by atoms with van der Waals surface area (Å²) in [5.41, 5.74) is 6.93. The lowest BCUT2D eigenvalue weighted by atomic mass is 10.0. The molecule has 0 bridgehead atoms. The standard InChI is InChI=1S/C14H22N2O/c1-10(2)9-13(15)14(17)16-11(3)12-7-5-4-6-8-12/h4-8,10-11,13H,9,15H2,1-3H3,(H,16,17). The molecule has 0 radical (unpaired) electrons. The fourth-order valence-corrected chi connectivity index (χ4v) is 1.76. The van der Waals surface area contributed by atoms with Crippen molar-refractivity contribution in [3.63, 3.8) is 0 Å². The van der Waals surface area contributed by atoms with Crippen LogP contribution in [0.5, 0.6) is 0 Å². The Balaban J connectivity index is 2.51. The Bertz CT molecular complexity index is 348. The second kappa shape index (κ2) is 6.40. The predicted molar refractivity (Wildman–Crippen MR) is 70.4 cm³/mol. The van der Waals surface area contributed by atoms with E-state index < -0.39 is 6.04 Å². The van der Waals surface area contributed by atoms with Crippen LogP contribution in [0.3, 0.4) is 0 Å². The van der Waals surface area contributed by atoms with E-state index in [1.54, 1.807) is 0 Å². The van der Waals surface area contributed by atoms with Gasteiger partial charge in [0.1, 0.15) is 0 Å². The Morgan fingerprint density at radius 1 is 1.24 bits per heavy atom. The number of carbonyl (C=O) groups excluding carboxylic acids is 1. The van der Waals surface area contributed by atoms with Gasteiger partial charge in [0, 0.05) is 0 Å². The summed E-state index contributed by atoms with van der Waals surface area (Å²) in [6.45, 7) is 6.09. The molecule has 0 saturated carbocycles. The van der Waals surface area contributed by atoms with Gasteiger partial charge in [0.05, 0.1) is 12.1 Å². The molecular weight excluding hydrogens is 212 g/mol. The number of hydrogen-bond donors (Lipinski definition) is 2. The highest BCUT2D eigenvalue weighted by atomic mass is 16.2. The van der Waals surface area contributed by atoms with E-state index in [1.165, 1.54) is 0 Å². The van der Waals surface area contributed by atoms with Crippen molar-refractivity contribution < 1.29 is 4.79 Å². The average Bonchev–Trinajstić information content (AvgIpc) is 2.29. The SMILES string of the molecule is CC(C)CC(N)C(=O)NC(C)c1ccccc1. The van der Waals surface area contributed by atoms with Gasteiger partial charge < -0.3 is 11.1 Å². The Labute approximate surface area is 103 Å². The van der Waals surface area contributed by atoms with Gasteiger partial charge in [-0.25, -0.2) is 0 Å².